The highest BCUT2D eigenvalue weighted by Gasteiger charge is 2.21. The van der Waals surface area contributed by atoms with Crippen LogP contribution >= 0.6 is 0 Å². The smallest absolute Gasteiger partial charge is 0.310 e. The maximum atomic E-state index is 12.6. The van der Waals surface area contributed by atoms with Crippen LogP contribution in [0.25, 0.3) is 0 Å². The van der Waals surface area contributed by atoms with Gasteiger partial charge in [0.25, 0.3) is 0 Å². The van der Waals surface area contributed by atoms with Crippen molar-refractivity contribution in [3.8, 4) is 0 Å². The van der Waals surface area contributed by atoms with Gasteiger partial charge in [-0.2, -0.15) is 0 Å². The fraction of sp³-hybridized carbons (Fsp3) is 0.705. The maximum Gasteiger partial charge on any atom is 0.310 e. The standard InChI is InChI=1S/C44H75NO8/c1-6-8-10-12-14-16-18-20-21-23-25-27-29-31-33-35-42(47)53-40(39-52-44(43(48)49)50-37-36-45(3,4)5)38-51-41(46)34-32-30-28-26-24-22-19-17-15-13-11-9-7-2/h8,10,14,16,20-21,25,27,31,33,40,44H,6-7,9,11-13,15,17-19,22-24,26,28-30,32,34-39H2,1-5H3/b10-8-,16-14-,21-20-,27-25-,33-31-. The average molecular weight is 746 g/mol. The Morgan fingerprint density at radius 1 is 0.585 bits per heavy atom. The summed E-state index contributed by atoms with van der Waals surface area (Å²) in [6.07, 6.45) is 38.5. The molecule has 0 amide bonds. The molecular weight excluding hydrogens is 670 g/mol. The molecule has 0 aliphatic carbocycles. The van der Waals surface area contributed by atoms with Gasteiger partial charge in [-0.3, -0.25) is 9.59 Å². The lowest BCUT2D eigenvalue weighted by Gasteiger charge is -2.26. The topological polar surface area (TPSA) is 111 Å². The van der Waals surface area contributed by atoms with E-state index < -0.39 is 24.3 Å². The van der Waals surface area contributed by atoms with Gasteiger partial charge in [-0.1, -0.05) is 152 Å². The molecule has 2 atom stereocenters. The van der Waals surface area contributed by atoms with Crippen molar-refractivity contribution in [3.05, 3.63) is 60.8 Å². The number of quaternary nitrogens is 1. The zero-order chi connectivity index (χ0) is 39.3. The highest BCUT2D eigenvalue weighted by Crippen LogP contribution is 2.13. The first-order valence-corrected chi connectivity index (χ1v) is 20.4. The number of nitrogens with zero attached hydrogens (tertiary/aromatic N) is 1. The van der Waals surface area contributed by atoms with Crippen molar-refractivity contribution in [3.63, 3.8) is 0 Å². The second-order valence-corrected chi connectivity index (χ2v) is 14.6. The van der Waals surface area contributed by atoms with E-state index in [0.717, 1.165) is 44.9 Å². The predicted octanol–water partition coefficient (Wildman–Crippen LogP) is 8.88. The number of carbonyl (C=O) groups excluding carboxylic acids is 3. The molecule has 9 heteroatoms. The minimum Gasteiger partial charge on any atom is -0.545 e. The van der Waals surface area contributed by atoms with Crippen molar-refractivity contribution in [1.82, 2.24) is 0 Å². The van der Waals surface area contributed by atoms with Crippen LogP contribution in [0.1, 0.15) is 142 Å². The SMILES string of the molecule is CC/C=C\C/C=C\C/C=C\C/C=C\C/C=C\CC(=O)OC(COC(=O)CCCCCCCCCCCCCCC)COC(OCC[N+](C)(C)C)C(=O)[O-]. The van der Waals surface area contributed by atoms with Crippen LogP contribution in [0, 0.1) is 0 Å². The maximum absolute atomic E-state index is 12.6. The number of carbonyl (C=O) groups is 3. The molecule has 9 nitrogen and oxygen atoms in total. The lowest BCUT2D eigenvalue weighted by Crippen LogP contribution is -2.44. The molecule has 0 radical (unpaired) electrons. The molecule has 0 saturated heterocycles. The van der Waals surface area contributed by atoms with Crippen LogP contribution < -0.4 is 5.11 Å². The van der Waals surface area contributed by atoms with Crippen molar-refractivity contribution in [1.29, 1.82) is 0 Å². The normalized spacial score (nSPS) is 13.6. The Hall–Kier alpha value is -3.01. The first-order chi connectivity index (χ1) is 25.6. The molecule has 304 valence electrons. The molecule has 53 heavy (non-hydrogen) atoms. The molecule has 0 aliphatic heterocycles. The summed E-state index contributed by atoms with van der Waals surface area (Å²) >= 11 is 0. The van der Waals surface area contributed by atoms with Gasteiger partial charge in [-0.05, 0) is 38.5 Å². The van der Waals surface area contributed by atoms with E-state index in [-0.39, 0.29) is 38.6 Å². The third-order valence-electron chi connectivity index (χ3n) is 8.31. The van der Waals surface area contributed by atoms with Gasteiger partial charge in [0.05, 0.1) is 46.7 Å². The summed E-state index contributed by atoms with van der Waals surface area (Å²) in [6.45, 7) is 4.48. The van der Waals surface area contributed by atoms with Crippen LogP contribution in [0.4, 0.5) is 0 Å². The van der Waals surface area contributed by atoms with Crippen LogP contribution in [0.15, 0.2) is 60.8 Å². The van der Waals surface area contributed by atoms with Crippen LogP contribution in [0.5, 0.6) is 0 Å². The predicted molar refractivity (Wildman–Crippen MR) is 214 cm³/mol. The number of esters is 2. The van der Waals surface area contributed by atoms with Crippen LogP contribution in [-0.4, -0.2) is 82.3 Å². The van der Waals surface area contributed by atoms with Crippen molar-refractivity contribution in [2.45, 2.75) is 155 Å². The van der Waals surface area contributed by atoms with Gasteiger partial charge in [0.1, 0.15) is 13.2 Å². The largest absolute Gasteiger partial charge is 0.545 e. The monoisotopic (exact) mass is 746 g/mol. The molecular formula is C44H75NO8. The van der Waals surface area contributed by atoms with Gasteiger partial charge in [-0.25, -0.2) is 0 Å². The van der Waals surface area contributed by atoms with E-state index in [1.54, 1.807) is 6.08 Å². The molecule has 0 aromatic rings. The Morgan fingerprint density at radius 2 is 1.06 bits per heavy atom. The molecule has 0 rings (SSSR count). The summed E-state index contributed by atoms with van der Waals surface area (Å²) in [7, 11) is 5.87. The molecule has 0 fully saturated rings. The van der Waals surface area contributed by atoms with E-state index in [2.05, 4.69) is 56.4 Å². The number of hydrogen-bond donors (Lipinski definition) is 0. The van der Waals surface area contributed by atoms with E-state index in [1.165, 1.54) is 64.2 Å². The number of hydrogen-bond acceptors (Lipinski definition) is 8. The Labute approximate surface area is 323 Å². The summed E-state index contributed by atoms with van der Waals surface area (Å²) in [5.74, 6) is -2.46. The van der Waals surface area contributed by atoms with Crippen molar-refractivity contribution in [2.24, 2.45) is 0 Å². The summed E-state index contributed by atoms with van der Waals surface area (Å²) in [4.78, 5) is 36.8. The first kappa shape index (κ1) is 50.0. The van der Waals surface area contributed by atoms with E-state index in [0.29, 0.717) is 17.4 Å². The molecule has 0 bridgehead atoms. The van der Waals surface area contributed by atoms with Crippen molar-refractivity contribution >= 4 is 17.9 Å². The summed E-state index contributed by atoms with van der Waals surface area (Å²) in [5, 5.41) is 11.6. The third-order valence-corrected chi connectivity index (χ3v) is 8.31. The number of ether oxygens (including phenoxy) is 4. The summed E-state index contributed by atoms with van der Waals surface area (Å²) < 4.78 is 22.3. The van der Waals surface area contributed by atoms with Crippen molar-refractivity contribution in [2.75, 3.05) is 47.5 Å². The molecule has 0 saturated carbocycles. The lowest BCUT2D eigenvalue weighted by molar-refractivity contribution is -0.870. The minimum absolute atomic E-state index is 0.0147. The van der Waals surface area contributed by atoms with Gasteiger partial charge in [-0.15, -0.1) is 0 Å². The zero-order valence-electron chi connectivity index (χ0n) is 34.1. The molecule has 0 aliphatic rings. The Balaban J connectivity index is 4.65. The molecule has 2 unspecified atom stereocenters. The van der Waals surface area contributed by atoms with Crippen LogP contribution in [0.2, 0.25) is 0 Å². The highest BCUT2D eigenvalue weighted by molar-refractivity contribution is 5.71. The number of likely N-dealkylation sites (N-methyl/N-ethyl adjacent to an activating group) is 1. The fourth-order valence-electron chi connectivity index (χ4n) is 5.14. The number of rotatable bonds is 36. The van der Waals surface area contributed by atoms with Crippen LogP contribution in [-0.2, 0) is 33.3 Å². The van der Waals surface area contributed by atoms with E-state index >= 15 is 0 Å². The lowest BCUT2D eigenvalue weighted by atomic mass is 10.0. The summed E-state index contributed by atoms with van der Waals surface area (Å²) in [5.41, 5.74) is 0. The zero-order valence-corrected chi connectivity index (χ0v) is 34.1. The van der Waals surface area contributed by atoms with Gasteiger partial charge >= 0.3 is 11.9 Å². The first-order valence-electron chi connectivity index (χ1n) is 20.4. The molecule has 0 spiro atoms. The van der Waals surface area contributed by atoms with E-state index in [9.17, 15) is 19.5 Å². The van der Waals surface area contributed by atoms with E-state index in [1.807, 2.05) is 33.3 Å². The number of allylic oxidation sites excluding steroid dienone is 9. The van der Waals surface area contributed by atoms with Gasteiger partial charge < -0.3 is 33.3 Å². The molecule has 0 heterocycles. The van der Waals surface area contributed by atoms with E-state index in [4.69, 9.17) is 18.9 Å². The molecule has 0 aromatic heterocycles. The molecule has 0 N–H and O–H groups in total. The quantitative estimate of drug-likeness (QED) is 0.0206. The van der Waals surface area contributed by atoms with Crippen molar-refractivity contribution < 1.29 is 42.9 Å². The van der Waals surface area contributed by atoms with Gasteiger partial charge in [0.2, 0.25) is 0 Å². The average Bonchev–Trinajstić information content (AvgIpc) is 3.11. The molecule has 0 aromatic carbocycles. The fourth-order valence-corrected chi connectivity index (χ4v) is 5.14. The number of unbranched alkanes of at least 4 members (excludes halogenated alkanes) is 12. The minimum atomic E-state index is -1.64. The number of aliphatic carboxylic acids is 1. The number of carboxylic acids is 1. The van der Waals surface area contributed by atoms with Gasteiger partial charge in [0.15, 0.2) is 12.4 Å². The highest BCUT2D eigenvalue weighted by atomic mass is 16.7. The second-order valence-electron chi connectivity index (χ2n) is 14.6. The Bertz CT molecular complexity index is 1060. The van der Waals surface area contributed by atoms with Gasteiger partial charge in [0, 0.05) is 6.42 Å². The summed E-state index contributed by atoms with van der Waals surface area (Å²) in [6, 6.07) is 0. The third kappa shape index (κ3) is 37.1. The van der Waals surface area contributed by atoms with Crippen LogP contribution in [0.3, 0.4) is 0 Å². The Morgan fingerprint density at radius 3 is 1.53 bits per heavy atom. The Kier molecular flexibility index (Phi) is 33.9. The second kappa shape index (κ2) is 36.0. The number of carboxylic acid groups (broad SMARTS) is 1.